The Morgan fingerprint density at radius 3 is 2.43 bits per heavy atom. The first-order chi connectivity index (χ1) is 10.9. The van der Waals surface area contributed by atoms with E-state index in [1.165, 1.54) is 11.8 Å². The summed E-state index contributed by atoms with van der Waals surface area (Å²) in [5.74, 6) is -0.696. The molecule has 0 bridgehead atoms. The highest BCUT2D eigenvalue weighted by molar-refractivity contribution is 5.84. The van der Waals surface area contributed by atoms with Crippen LogP contribution in [0, 0.1) is 5.92 Å². The molecule has 0 aromatic heterocycles. The third-order valence-electron chi connectivity index (χ3n) is 4.00. The second-order valence-corrected chi connectivity index (χ2v) is 5.63. The quantitative estimate of drug-likeness (QED) is 0.777. The van der Waals surface area contributed by atoms with E-state index in [0.29, 0.717) is 6.54 Å². The van der Waals surface area contributed by atoms with Gasteiger partial charge in [-0.25, -0.2) is 0 Å². The molecule has 0 aliphatic carbocycles. The number of primary amides is 1. The number of methoxy groups -OCH3 is 1. The molecule has 1 heterocycles. The minimum Gasteiger partial charge on any atom is -0.497 e. The molecule has 2 atom stereocenters. The van der Waals surface area contributed by atoms with Crippen LogP contribution in [0.1, 0.15) is 12.5 Å². The van der Waals surface area contributed by atoms with E-state index in [9.17, 15) is 14.4 Å². The summed E-state index contributed by atoms with van der Waals surface area (Å²) < 4.78 is 5.07. The van der Waals surface area contributed by atoms with E-state index in [-0.39, 0.29) is 24.8 Å². The van der Waals surface area contributed by atoms with Gasteiger partial charge in [0.05, 0.1) is 25.5 Å². The van der Waals surface area contributed by atoms with Crippen LogP contribution in [0.3, 0.4) is 0 Å². The molecule has 23 heavy (non-hydrogen) atoms. The Morgan fingerprint density at radius 2 is 1.91 bits per heavy atom. The molecule has 1 aliphatic heterocycles. The summed E-state index contributed by atoms with van der Waals surface area (Å²) in [6, 6.07) is 6.73. The Bertz CT molecular complexity index is 600. The summed E-state index contributed by atoms with van der Waals surface area (Å²) in [4.78, 5) is 36.6. The van der Waals surface area contributed by atoms with Gasteiger partial charge in [0.25, 0.3) is 0 Å². The number of benzene rings is 1. The van der Waals surface area contributed by atoms with Gasteiger partial charge >= 0.3 is 0 Å². The topological polar surface area (TPSA) is 102 Å². The van der Waals surface area contributed by atoms with Gasteiger partial charge in [0.1, 0.15) is 5.75 Å². The van der Waals surface area contributed by atoms with Crippen molar-refractivity contribution in [1.29, 1.82) is 0 Å². The van der Waals surface area contributed by atoms with Gasteiger partial charge in [-0.15, -0.1) is 0 Å². The molecule has 0 radical (unpaired) electrons. The molecule has 0 saturated carbocycles. The molecule has 3 N–H and O–H groups in total. The van der Waals surface area contributed by atoms with Crippen LogP contribution in [0.4, 0.5) is 0 Å². The smallest absolute Gasteiger partial charge is 0.224 e. The minimum atomic E-state index is -0.557. The zero-order valence-electron chi connectivity index (χ0n) is 13.2. The van der Waals surface area contributed by atoms with Crippen molar-refractivity contribution in [3.63, 3.8) is 0 Å². The van der Waals surface area contributed by atoms with Gasteiger partial charge in [0, 0.05) is 20.0 Å². The summed E-state index contributed by atoms with van der Waals surface area (Å²) in [5, 5.41) is 2.81. The first kappa shape index (κ1) is 16.8. The van der Waals surface area contributed by atoms with Crippen LogP contribution >= 0.6 is 0 Å². The van der Waals surface area contributed by atoms with E-state index in [1.807, 2.05) is 0 Å². The molecule has 7 heteroatoms. The number of hydrogen-bond acceptors (Lipinski definition) is 4. The van der Waals surface area contributed by atoms with Crippen molar-refractivity contribution in [2.24, 2.45) is 11.7 Å². The van der Waals surface area contributed by atoms with Crippen molar-refractivity contribution < 1.29 is 19.1 Å². The Balaban J connectivity index is 1.97. The second-order valence-electron chi connectivity index (χ2n) is 5.63. The molecule has 1 fully saturated rings. The number of ether oxygens (including phenoxy) is 1. The Hall–Kier alpha value is -2.57. The lowest BCUT2D eigenvalue weighted by Crippen LogP contribution is -2.45. The number of hydrogen-bond donors (Lipinski definition) is 2. The van der Waals surface area contributed by atoms with Crippen LogP contribution in [0.15, 0.2) is 24.3 Å². The van der Waals surface area contributed by atoms with Crippen molar-refractivity contribution >= 4 is 17.7 Å². The van der Waals surface area contributed by atoms with E-state index in [2.05, 4.69) is 5.32 Å². The zero-order valence-corrected chi connectivity index (χ0v) is 13.2. The fraction of sp³-hybridized carbons (Fsp3) is 0.438. The SMILES string of the molecule is COc1ccc(CC(=O)N[C@H]2CN(C(C)=O)C[C@H]2C(N)=O)cc1. The van der Waals surface area contributed by atoms with Crippen LogP contribution < -0.4 is 15.8 Å². The fourth-order valence-corrected chi connectivity index (χ4v) is 2.68. The predicted octanol–water partition coefficient (Wildman–Crippen LogP) is -0.314. The fourth-order valence-electron chi connectivity index (χ4n) is 2.68. The first-order valence-electron chi connectivity index (χ1n) is 7.38. The third kappa shape index (κ3) is 4.21. The summed E-state index contributed by atoms with van der Waals surface area (Å²) in [6.07, 6.45) is 0.187. The summed E-state index contributed by atoms with van der Waals surface area (Å²) in [6.45, 7) is 1.98. The maximum absolute atomic E-state index is 12.2. The summed E-state index contributed by atoms with van der Waals surface area (Å²) in [5.41, 5.74) is 6.20. The van der Waals surface area contributed by atoms with Crippen LogP contribution in [0.2, 0.25) is 0 Å². The summed E-state index contributed by atoms with van der Waals surface area (Å²) in [7, 11) is 1.58. The summed E-state index contributed by atoms with van der Waals surface area (Å²) >= 11 is 0. The molecule has 0 unspecified atom stereocenters. The van der Waals surface area contributed by atoms with Crippen LogP contribution in [-0.2, 0) is 20.8 Å². The lowest BCUT2D eigenvalue weighted by molar-refractivity contribution is -0.128. The van der Waals surface area contributed by atoms with Crippen molar-refractivity contribution in [3.8, 4) is 5.75 Å². The molecule has 1 aliphatic rings. The average Bonchev–Trinajstić information content (AvgIpc) is 2.92. The second kappa shape index (κ2) is 7.13. The molecule has 1 aromatic carbocycles. The first-order valence-corrected chi connectivity index (χ1v) is 7.38. The molecule has 1 saturated heterocycles. The maximum atomic E-state index is 12.2. The van der Waals surface area contributed by atoms with Crippen molar-refractivity contribution in [1.82, 2.24) is 10.2 Å². The number of rotatable bonds is 5. The van der Waals surface area contributed by atoms with Crippen molar-refractivity contribution in [3.05, 3.63) is 29.8 Å². The maximum Gasteiger partial charge on any atom is 0.224 e. The molecule has 0 spiro atoms. The predicted molar refractivity (Wildman–Crippen MR) is 83.6 cm³/mol. The number of nitrogens with one attached hydrogen (secondary N) is 1. The van der Waals surface area contributed by atoms with Crippen molar-refractivity contribution in [2.75, 3.05) is 20.2 Å². The highest BCUT2D eigenvalue weighted by atomic mass is 16.5. The monoisotopic (exact) mass is 319 g/mol. The Kier molecular flexibility index (Phi) is 5.20. The van der Waals surface area contributed by atoms with Crippen LogP contribution in [0.25, 0.3) is 0 Å². The third-order valence-corrected chi connectivity index (χ3v) is 4.00. The van der Waals surface area contributed by atoms with E-state index >= 15 is 0 Å². The number of nitrogens with zero attached hydrogens (tertiary/aromatic N) is 1. The van der Waals surface area contributed by atoms with Crippen molar-refractivity contribution in [2.45, 2.75) is 19.4 Å². The normalized spacial score (nSPS) is 20.2. The lowest BCUT2D eigenvalue weighted by Gasteiger charge is -2.17. The number of carbonyl (C=O) groups excluding carboxylic acids is 3. The molecule has 1 aromatic rings. The average molecular weight is 319 g/mol. The zero-order chi connectivity index (χ0) is 17.0. The molecule has 124 valence electrons. The Labute approximate surface area is 134 Å². The molecule has 3 amide bonds. The number of amides is 3. The molecular formula is C16H21N3O4. The van der Waals surface area contributed by atoms with E-state index in [0.717, 1.165) is 11.3 Å². The highest BCUT2D eigenvalue weighted by Crippen LogP contribution is 2.17. The van der Waals surface area contributed by atoms with Gasteiger partial charge in [-0.05, 0) is 17.7 Å². The minimum absolute atomic E-state index is 0.136. The van der Waals surface area contributed by atoms with Gasteiger partial charge in [0.2, 0.25) is 17.7 Å². The van der Waals surface area contributed by atoms with E-state index in [4.69, 9.17) is 10.5 Å². The number of likely N-dealkylation sites (tertiary alicyclic amines) is 1. The molecular weight excluding hydrogens is 298 g/mol. The van der Waals surface area contributed by atoms with Crippen LogP contribution in [-0.4, -0.2) is 48.9 Å². The lowest BCUT2D eigenvalue weighted by atomic mass is 10.0. The van der Waals surface area contributed by atoms with Gasteiger partial charge in [-0.2, -0.15) is 0 Å². The number of carbonyl (C=O) groups is 3. The van der Waals surface area contributed by atoms with E-state index < -0.39 is 17.9 Å². The van der Waals surface area contributed by atoms with E-state index in [1.54, 1.807) is 31.4 Å². The van der Waals surface area contributed by atoms with Crippen LogP contribution in [0.5, 0.6) is 5.75 Å². The molecule has 7 nitrogen and oxygen atoms in total. The van der Waals surface area contributed by atoms with Gasteiger partial charge in [-0.1, -0.05) is 12.1 Å². The largest absolute Gasteiger partial charge is 0.497 e. The van der Waals surface area contributed by atoms with Gasteiger partial charge in [-0.3, -0.25) is 14.4 Å². The van der Waals surface area contributed by atoms with Gasteiger partial charge < -0.3 is 20.7 Å². The number of nitrogens with two attached hydrogens (primary N) is 1. The highest BCUT2D eigenvalue weighted by Gasteiger charge is 2.38. The molecule has 2 rings (SSSR count). The van der Waals surface area contributed by atoms with Gasteiger partial charge in [0.15, 0.2) is 0 Å². The Morgan fingerprint density at radius 1 is 1.26 bits per heavy atom. The standard InChI is InChI=1S/C16H21N3O4/c1-10(20)19-8-13(16(17)22)14(9-19)18-15(21)7-11-3-5-12(23-2)6-4-11/h3-6,13-14H,7-9H2,1-2H3,(H2,17,22)(H,18,21)/t13-,14+/m1/s1.